The molecule has 1 aromatic carbocycles. The molecule has 0 bridgehead atoms. The molecule has 1 unspecified atom stereocenters. The van der Waals surface area contributed by atoms with E-state index >= 15 is 0 Å². The Kier molecular flexibility index (Phi) is 4.86. The summed E-state index contributed by atoms with van der Waals surface area (Å²) in [6, 6.07) is 4.17. The fourth-order valence-corrected chi connectivity index (χ4v) is 1.28. The summed E-state index contributed by atoms with van der Waals surface area (Å²) in [7, 11) is 1.55. The number of hydrogen-bond acceptors (Lipinski definition) is 4. The number of rotatable bonds is 5. The summed E-state index contributed by atoms with van der Waals surface area (Å²) in [6.45, 7) is 2.16. The fraction of sp³-hybridized carbons (Fsp3) is 0.364. The summed E-state index contributed by atoms with van der Waals surface area (Å²) in [5, 5.41) is 2.63. The number of nitrogens with two attached hydrogens (primary N) is 1. The third kappa shape index (κ3) is 3.40. The van der Waals surface area contributed by atoms with Crippen molar-refractivity contribution in [3.63, 3.8) is 0 Å². The van der Waals surface area contributed by atoms with Crippen molar-refractivity contribution in [3.8, 4) is 0 Å². The van der Waals surface area contributed by atoms with E-state index in [2.05, 4.69) is 10.7 Å². The van der Waals surface area contributed by atoms with Gasteiger partial charge < -0.3 is 15.5 Å². The van der Waals surface area contributed by atoms with Gasteiger partial charge >= 0.3 is 0 Å². The van der Waals surface area contributed by atoms with E-state index in [4.69, 9.17) is 10.6 Å². The van der Waals surface area contributed by atoms with Crippen LogP contribution in [-0.4, -0.2) is 25.7 Å². The standard InChI is InChI=1S/C11H16FN3O2/c1-7(17-2)6-14-11(16)8-4-3-5-9(12)10(8)15-13/h3-5,7,15H,6,13H2,1-2H3,(H,14,16). The molecule has 1 rings (SSSR count). The molecule has 0 aliphatic rings. The molecule has 1 amide bonds. The van der Waals surface area contributed by atoms with E-state index in [9.17, 15) is 9.18 Å². The van der Waals surface area contributed by atoms with E-state index < -0.39 is 11.7 Å². The Morgan fingerprint density at radius 2 is 2.29 bits per heavy atom. The molecule has 0 saturated heterocycles. The van der Waals surface area contributed by atoms with Crippen molar-refractivity contribution in [2.24, 2.45) is 5.84 Å². The van der Waals surface area contributed by atoms with Gasteiger partial charge in [-0.3, -0.25) is 10.6 Å². The maximum atomic E-state index is 13.3. The van der Waals surface area contributed by atoms with Crippen LogP contribution in [-0.2, 0) is 4.74 Å². The molecule has 0 fully saturated rings. The van der Waals surface area contributed by atoms with E-state index in [0.717, 1.165) is 0 Å². The summed E-state index contributed by atoms with van der Waals surface area (Å²) in [4.78, 5) is 11.8. The SMILES string of the molecule is COC(C)CNC(=O)c1cccc(F)c1NN. The number of hydrazine groups is 1. The van der Waals surface area contributed by atoms with Gasteiger partial charge in [0.25, 0.3) is 5.91 Å². The van der Waals surface area contributed by atoms with Crippen LogP contribution in [0.15, 0.2) is 18.2 Å². The Hall–Kier alpha value is -1.66. The summed E-state index contributed by atoms with van der Waals surface area (Å²) in [5.41, 5.74) is 2.32. The second-order valence-electron chi connectivity index (χ2n) is 3.56. The van der Waals surface area contributed by atoms with Crippen molar-refractivity contribution >= 4 is 11.6 Å². The summed E-state index contributed by atoms with van der Waals surface area (Å²) in [6.07, 6.45) is -0.109. The maximum Gasteiger partial charge on any atom is 0.253 e. The molecule has 0 saturated carbocycles. The minimum Gasteiger partial charge on any atom is -0.380 e. The molecule has 1 atom stereocenters. The Balaban J connectivity index is 2.78. The predicted octanol–water partition coefficient (Wildman–Crippen LogP) is 0.876. The number of methoxy groups -OCH3 is 1. The highest BCUT2D eigenvalue weighted by Gasteiger charge is 2.14. The van der Waals surface area contributed by atoms with Gasteiger partial charge in [0.15, 0.2) is 0 Å². The second kappa shape index (κ2) is 6.17. The summed E-state index contributed by atoms with van der Waals surface area (Å²) >= 11 is 0. The van der Waals surface area contributed by atoms with Crippen molar-refractivity contribution < 1.29 is 13.9 Å². The van der Waals surface area contributed by atoms with Crippen LogP contribution in [0.2, 0.25) is 0 Å². The number of hydrogen-bond donors (Lipinski definition) is 3. The normalized spacial score (nSPS) is 12.0. The molecule has 0 radical (unpaired) electrons. The molecule has 0 aliphatic carbocycles. The van der Waals surface area contributed by atoms with Gasteiger partial charge in [0, 0.05) is 13.7 Å². The van der Waals surface area contributed by atoms with E-state index in [1.54, 1.807) is 7.11 Å². The third-order valence-corrected chi connectivity index (χ3v) is 2.36. The molecule has 17 heavy (non-hydrogen) atoms. The number of benzene rings is 1. The average molecular weight is 241 g/mol. The monoisotopic (exact) mass is 241 g/mol. The van der Waals surface area contributed by atoms with E-state index in [1.807, 2.05) is 6.92 Å². The highest BCUT2D eigenvalue weighted by atomic mass is 19.1. The molecule has 94 valence electrons. The maximum absolute atomic E-state index is 13.3. The number of carbonyl (C=O) groups excluding carboxylic acids is 1. The third-order valence-electron chi connectivity index (χ3n) is 2.36. The first kappa shape index (κ1) is 13.4. The zero-order chi connectivity index (χ0) is 12.8. The Morgan fingerprint density at radius 3 is 2.88 bits per heavy atom. The van der Waals surface area contributed by atoms with Gasteiger partial charge in [0.1, 0.15) is 5.82 Å². The van der Waals surface area contributed by atoms with E-state index in [0.29, 0.717) is 6.54 Å². The van der Waals surface area contributed by atoms with Gasteiger partial charge in [-0.05, 0) is 19.1 Å². The van der Waals surface area contributed by atoms with Gasteiger partial charge in [0.2, 0.25) is 0 Å². The molecule has 5 nitrogen and oxygen atoms in total. The van der Waals surface area contributed by atoms with Crippen LogP contribution in [0.25, 0.3) is 0 Å². The number of ether oxygens (including phenoxy) is 1. The average Bonchev–Trinajstić information content (AvgIpc) is 2.35. The largest absolute Gasteiger partial charge is 0.380 e. The molecule has 0 aromatic heterocycles. The molecule has 4 N–H and O–H groups in total. The molecule has 1 aromatic rings. The van der Waals surface area contributed by atoms with Crippen molar-refractivity contribution in [2.45, 2.75) is 13.0 Å². The van der Waals surface area contributed by atoms with Crippen molar-refractivity contribution in [3.05, 3.63) is 29.6 Å². The number of nitrogen functional groups attached to an aromatic ring is 1. The van der Waals surface area contributed by atoms with Crippen LogP contribution < -0.4 is 16.6 Å². The van der Waals surface area contributed by atoms with Crippen LogP contribution in [0.5, 0.6) is 0 Å². The number of halogens is 1. The smallest absolute Gasteiger partial charge is 0.253 e. The number of carbonyl (C=O) groups is 1. The lowest BCUT2D eigenvalue weighted by Crippen LogP contribution is -2.32. The second-order valence-corrected chi connectivity index (χ2v) is 3.56. The zero-order valence-corrected chi connectivity index (χ0v) is 9.79. The minimum absolute atomic E-state index is 0.0185. The number of para-hydroxylation sites is 1. The fourth-order valence-electron chi connectivity index (χ4n) is 1.28. The highest BCUT2D eigenvalue weighted by molar-refractivity contribution is 5.99. The summed E-state index contributed by atoms with van der Waals surface area (Å²) < 4.78 is 18.3. The molecular formula is C11H16FN3O2. The molecule has 0 spiro atoms. The van der Waals surface area contributed by atoms with Gasteiger partial charge in [-0.15, -0.1) is 0 Å². The predicted molar refractivity (Wildman–Crippen MR) is 63.0 cm³/mol. The Bertz CT molecular complexity index is 398. The first-order chi connectivity index (χ1) is 8.10. The molecular weight excluding hydrogens is 225 g/mol. The quantitative estimate of drug-likeness (QED) is 0.528. The Labute approximate surface area is 99.1 Å². The minimum atomic E-state index is -0.570. The van der Waals surface area contributed by atoms with Gasteiger partial charge in [-0.2, -0.15) is 0 Å². The first-order valence-corrected chi connectivity index (χ1v) is 5.16. The number of nitrogens with one attached hydrogen (secondary N) is 2. The van der Waals surface area contributed by atoms with Crippen molar-refractivity contribution in [2.75, 3.05) is 19.1 Å². The van der Waals surface area contributed by atoms with E-state index in [1.165, 1.54) is 18.2 Å². The zero-order valence-electron chi connectivity index (χ0n) is 9.79. The number of anilines is 1. The van der Waals surface area contributed by atoms with Crippen LogP contribution in [0.1, 0.15) is 17.3 Å². The van der Waals surface area contributed by atoms with Crippen molar-refractivity contribution in [1.82, 2.24) is 5.32 Å². The molecule has 6 heteroatoms. The first-order valence-electron chi connectivity index (χ1n) is 5.16. The lowest BCUT2D eigenvalue weighted by atomic mass is 10.1. The van der Waals surface area contributed by atoms with Gasteiger partial charge in [-0.25, -0.2) is 4.39 Å². The van der Waals surface area contributed by atoms with Crippen LogP contribution in [0, 0.1) is 5.82 Å². The van der Waals surface area contributed by atoms with Crippen LogP contribution in [0.3, 0.4) is 0 Å². The number of amides is 1. The highest BCUT2D eigenvalue weighted by Crippen LogP contribution is 2.18. The van der Waals surface area contributed by atoms with Crippen LogP contribution in [0.4, 0.5) is 10.1 Å². The van der Waals surface area contributed by atoms with E-state index in [-0.39, 0.29) is 17.4 Å². The Morgan fingerprint density at radius 1 is 1.59 bits per heavy atom. The topological polar surface area (TPSA) is 76.4 Å². The summed E-state index contributed by atoms with van der Waals surface area (Å²) in [5.74, 6) is 4.21. The molecule has 0 aliphatic heterocycles. The van der Waals surface area contributed by atoms with Gasteiger partial charge in [-0.1, -0.05) is 6.07 Å². The van der Waals surface area contributed by atoms with Gasteiger partial charge in [0.05, 0.1) is 17.4 Å². The molecule has 0 heterocycles. The van der Waals surface area contributed by atoms with Crippen molar-refractivity contribution in [1.29, 1.82) is 0 Å². The lowest BCUT2D eigenvalue weighted by molar-refractivity contribution is 0.0871. The van der Waals surface area contributed by atoms with Crippen LogP contribution >= 0.6 is 0 Å². The lowest BCUT2D eigenvalue weighted by Gasteiger charge is -2.13.